The number of benzene rings is 1. The van der Waals surface area contributed by atoms with Gasteiger partial charge in [0.2, 0.25) is 5.91 Å². The molecule has 1 amide bonds. The molecule has 0 bridgehead atoms. The van der Waals surface area contributed by atoms with Crippen LogP contribution < -0.4 is 5.32 Å². The number of halogens is 1. The number of rotatable bonds is 5. The highest BCUT2D eigenvalue weighted by Crippen LogP contribution is 2.26. The first kappa shape index (κ1) is 14.4. The molecule has 17 heavy (non-hydrogen) atoms. The van der Waals surface area contributed by atoms with Crippen molar-refractivity contribution in [2.45, 2.75) is 37.6 Å². The molecule has 0 unspecified atom stereocenters. The number of amides is 1. The third-order valence-electron chi connectivity index (χ3n) is 2.56. The predicted molar refractivity (Wildman–Crippen MR) is 74.7 cm³/mol. The van der Waals surface area contributed by atoms with Crippen LogP contribution in [-0.2, 0) is 4.79 Å². The van der Waals surface area contributed by atoms with Crippen molar-refractivity contribution < 1.29 is 4.79 Å². The minimum atomic E-state index is -0.141. The summed E-state index contributed by atoms with van der Waals surface area (Å²) >= 11 is 7.48. The quantitative estimate of drug-likeness (QED) is 0.827. The Morgan fingerprint density at radius 2 is 2.06 bits per heavy atom. The van der Waals surface area contributed by atoms with E-state index in [-0.39, 0.29) is 11.4 Å². The Hall–Kier alpha value is -0.670. The predicted octanol–water partition coefficient (Wildman–Crippen LogP) is 3.74. The Kier molecular flexibility index (Phi) is 5.34. The molecule has 0 spiro atoms. The van der Waals surface area contributed by atoms with E-state index in [1.165, 1.54) is 11.8 Å². The molecule has 2 nitrogen and oxygen atoms in total. The van der Waals surface area contributed by atoms with Crippen LogP contribution in [-0.4, -0.2) is 17.2 Å². The fraction of sp³-hybridized carbons (Fsp3) is 0.462. The molecule has 4 heteroatoms. The molecule has 0 aromatic heterocycles. The van der Waals surface area contributed by atoms with Crippen molar-refractivity contribution >= 4 is 29.3 Å². The van der Waals surface area contributed by atoms with E-state index in [2.05, 4.69) is 12.2 Å². The monoisotopic (exact) mass is 271 g/mol. The second kappa shape index (κ2) is 6.31. The third-order valence-corrected chi connectivity index (χ3v) is 4.07. The van der Waals surface area contributed by atoms with E-state index in [0.29, 0.717) is 10.8 Å². The highest BCUT2D eigenvalue weighted by molar-refractivity contribution is 8.00. The van der Waals surface area contributed by atoms with Gasteiger partial charge >= 0.3 is 0 Å². The van der Waals surface area contributed by atoms with E-state index in [1.54, 1.807) is 0 Å². The van der Waals surface area contributed by atoms with Gasteiger partial charge in [-0.15, -0.1) is 11.8 Å². The van der Waals surface area contributed by atoms with E-state index in [4.69, 9.17) is 11.6 Å². The molecule has 1 N–H and O–H groups in total. The van der Waals surface area contributed by atoms with Crippen molar-refractivity contribution in [1.82, 2.24) is 5.32 Å². The zero-order valence-electron chi connectivity index (χ0n) is 10.4. The van der Waals surface area contributed by atoms with E-state index in [0.717, 1.165) is 11.3 Å². The number of carbonyl (C=O) groups excluding carboxylic acids is 1. The zero-order valence-corrected chi connectivity index (χ0v) is 12.0. The second-order valence-electron chi connectivity index (χ2n) is 4.50. The molecule has 94 valence electrons. The largest absolute Gasteiger partial charge is 0.351 e. The molecule has 0 atom stereocenters. The molecular formula is C13H18ClNOS. The zero-order chi connectivity index (χ0) is 12.9. The normalized spacial score (nSPS) is 11.3. The van der Waals surface area contributed by atoms with E-state index in [1.807, 2.05) is 38.1 Å². The Morgan fingerprint density at radius 3 is 2.65 bits per heavy atom. The Balaban J connectivity index is 2.47. The van der Waals surface area contributed by atoms with Crippen LogP contribution in [0.25, 0.3) is 0 Å². The average Bonchev–Trinajstić information content (AvgIpc) is 2.27. The highest BCUT2D eigenvalue weighted by Gasteiger charge is 2.17. The van der Waals surface area contributed by atoms with Crippen LogP contribution in [0.15, 0.2) is 29.2 Å². The lowest BCUT2D eigenvalue weighted by Gasteiger charge is -2.24. The molecule has 0 saturated heterocycles. The maximum atomic E-state index is 11.7. The smallest absolute Gasteiger partial charge is 0.230 e. The first-order chi connectivity index (χ1) is 7.94. The molecule has 0 aliphatic carbocycles. The van der Waals surface area contributed by atoms with Gasteiger partial charge in [0.05, 0.1) is 10.8 Å². The van der Waals surface area contributed by atoms with Crippen molar-refractivity contribution in [3.8, 4) is 0 Å². The van der Waals surface area contributed by atoms with Gasteiger partial charge in [0.1, 0.15) is 0 Å². The van der Waals surface area contributed by atoms with Crippen molar-refractivity contribution in [3.63, 3.8) is 0 Å². The number of hydrogen-bond donors (Lipinski definition) is 1. The topological polar surface area (TPSA) is 29.1 Å². The summed E-state index contributed by atoms with van der Waals surface area (Å²) in [4.78, 5) is 12.7. The Bertz CT molecular complexity index is 393. The maximum Gasteiger partial charge on any atom is 0.230 e. The minimum absolute atomic E-state index is 0.0433. The lowest BCUT2D eigenvalue weighted by molar-refractivity contribution is -0.120. The first-order valence-electron chi connectivity index (χ1n) is 5.63. The summed E-state index contributed by atoms with van der Waals surface area (Å²) < 4.78 is 0. The van der Waals surface area contributed by atoms with Crippen LogP contribution in [0.5, 0.6) is 0 Å². The van der Waals surface area contributed by atoms with Crippen LogP contribution in [0.1, 0.15) is 27.2 Å². The summed E-state index contributed by atoms with van der Waals surface area (Å²) in [7, 11) is 0. The molecule has 1 aromatic rings. The summed E-state index contributed by atoms with van der Waals surface area (Å²) in [5.41, 5.74) is -0.141. The van der Waals surface area contributed by atoms with Crippen molar-refractivity contribution in [2.75, 3.05) is 5.75 Å². The summed E-state index contributed by atoms with van der Waals surface area (Å²) in [6.45, 7) is 6.09. The fourth-order valence-electron chi connectivity index (χ4n) is 1.21. The number of nitrogens with one attached hydrogen (secondary N) is 1. The van der Waals surface area contributed by atoms with Gasteiger partial charge in [0.15, 0.2) is 0 Å². The van der Waals surface area contributed by atoms with Crippen molar-refractivity contribution in [2.24, 2.45) is 0 Å². The highest BCUT2D eigenvalue weighted by atomic mass is 35.5. The Morgan fingerprint density at radius 1 is 1.41 bits per heavy atom. The summed E-state index contributed by atoms with van der Waals surface area (Å²) in [5.74, 6) is 0.439. The van der Waals surface area contributed by atoms with Gasteiger partial charge in [-0.2, -0.15) is 0 Å². The van der Waals surface area contributed by atoms with Crippen molar-refractivity contribution in [1.29, 1.82) is 0 Å². The van der Waals surface area contributed by atoms with E-state index >= 15 is 0 Å². The van der Waals surface area contributed by atoms with Crippen LogP contribution in [0.3, 0.4) is 0 Å². The summed E-state index contributed by atoms with van der Waals surface area (Å²) in [5, 5.41) is 3.69. The van der Waals surface area contributed by atoms with Gasteiger partial charge in [-0.1, -0.05) is 30.7 Å². The molecule has 0 saturated carbocycles. The molecule has 0 aliphatic rings. The van der Waals surface area contributed by atoms with Gasteiger partial charge in [-0.05, 0) is 32.4 Å². The molecule has 0 fully saturated rings. The third kappa shape index (κ3) is 5.00. The maximum absolute atomic E-state index is 11.7. The molecule has 0 aliphatic heterocycles. The number of thioether (sulfide) groups is 1. The Labute approximate surface area is 112 Å². The first-order valence-corrected chi connectivity index (χ1v) is 6.99. The van der Waals surface area contributed by atoms with Crippen LogP contribution in [0.2, 0.25) is 5.02 Å². The SMILES string of the molecule is CCC(C)(C)NC(=O)CSc1ccccc1Cl. The number of hydrogen-bond acceptors (Lipinski definition) is 2. The fourth-order valence-corrected chi connectivity index (χ4v) is 2.25. The van der Waals surface area contributed by atoms with Gasteiger partial charge in [-0.25, -0.2) is 0 Å². The average molecular weight is 272 g/mol. The van der Waals surface area contributed by atoms with Gasteiger partial charge < -0.3 is 5.32 Å². The lowest BCUT2D eigenvalue weighted by Crippen LogP contribution is -2.43. The summed E-state index contributed by atoms with van der Waals surface area (Å²) in [6.07, 6.45) is 0.912. The second-order valence-corrected chi connectivity index (χ2v) is 5.93. The van der Waals surface area contributed by atoms with Crippen LogP contribution >= 0.6 is 23.4 Å². The number of carbonyl (C=O) groups is 1. The standard InChI is InChI=1S/C13H18ClNOS/c1-4-13(2,3)15-12(16)9-17-11-8-6-5-7-10(11)14/h5-8H,4,9H2,1-3H3,(H,15,16). The molecule has 1 aromatic carbocycles. The van der Waals surface area contributed by atoms with Crippen LogP contribution in [0, 0.1) is 0 Å². The molecule has 0 radical (unpaired) electrons. The van der Waals surface area contributed by atoms with Gasteiger partial charge in [-0.3, -0.25) is 4.79 Å². The van der Waals surface area contributed by atoms with Gasteiger partial charge in [0, 0.05) is 10.4 Å². The summed E-state index contributed by atoms with van der Waals surface area (Å²) in [6, 6.07) is 7.55. The minimum Gasteiger partial charge on any atom is -0.351 e. The van der Waals surface area contributed by atoms with Crippen LogP contribution in [0.4, 0.5) is 0 Å². The molecular weight excluding hydrogens is 254 g/mol. The lowest BCUT2D eigenvalue weighted by atomic mass is 10.0. The van der Waals surface area contributed by atoms with Crippen molar-refractivity contribution in [3.05, 3.63) is 29.3 Å². The molecule has 1 rings (SSSR count). The van der Waals surface area contributed by atoms with E-state index in [9.17, 15) is 4.79 Å². The molecule has 0 heterocycles. The van der Waals surface area contributed by atoms with Gasteiger partial charge in [0.25, 0.3) is 0 Å². The van der Waals surface area contributed by atoms with E-state index < -0.39 is 0 Å².